The summed E-state index contributed by atoms with van der Waals surface area (Å²) < 4.78 is 20.3. The summed E-state index contributed by atoms with van der Waals surface area (Å²) >= 11 is -1.58. The third-order valence-electron chi connectivity index (χ3n) is 2.39. The summed E-state index contributed by atoms with van der Waals surface area (Å²) in [5, 5.41) is 12.1. The molecule has 116 valence electrons. The van der Waals surface area contributed by atoms with Crippen LogP contribution in [0.2, 0.25) is 0 Å². The molecule has 1 rings (SSSR count). The molecule has 0 spiro atoms. The molecule has 1 heterocycles. The van der Waals surface area contributed by atoms with Crippen LogP contribution in [0.5, 0.6) is 11.5 Å². The van der Waals surface area contributed by atoms with Gasteiger partial charge in [0.05, 0.1) is 13.3 Å². The van der Waals surface area contributed by atoms with E-state index < -0.39 is 34.2 Å². The Morgan fingerprint density at radius 2 is 2.05 bits per heavy atom. The molecule has 1 amide bonds. The number of pyridine rings is 1. The maximum absolute atomic E-state index is 12.0. The zero-order valence-electron chi connectivity index (χ0n) is 12.0. The van der Waals surface area contributed by atoms with Gasteiger partial charge in [-0.2, -0.15) is 0 Å². The summed E-state index contributed by atoms with van der Waals surface area (Å²) in [7, 11) is 1.20. The first-order valence-corrected chi connectivity index (χ1v) is 7.27. The maximum atomic E-state index is 12.0. The van der Waals surface area contributed by atoms with E-state index in [0.29, 0.717) is 0 Å². The first kappa shape index (κ1) is 16.9. The van der Waals surface area contributed by atoms with E-state index in [9.17, 15) is 18.9 Å². The number of ether oxygens (including phenoxy) is 1. The van der Waals surface area contributed by atoms with Crippen molar-refractivity contribution in [3.8, 4) is 11.5 Å². The van der Waals surface area contributed by atoms with Crippen molar-refractivity contribution in [2.24, 2.45) is 0 Å². The predicted molar refractivity (Wildman–Crippen MR) is 74.2 cm³/mol. The van der Waals surface area contributed by atoms with Gasteiger partial charge in [0.25, 0.3) is 5.91 Å². The topological polar surface area (TPSA) is 115 Å². The van der Waals surface area contributed by atoms with E-state index in [0.717, 1.165) is 12.3 Å². The summed E-state index contributed by atoms with van der Waals surface area (Å²) in [6.07, 6.45) is 2.44. The van der Waals surface area contributed by atoms with Gasteiger partial charge in [-0.1, -0.05) is 0 Å². The van der Waals surface area contributed by atoms with Crippen LogP contribution < -0.4 is 9.50 Å². The SMILES string of the molecule is COC(=O)C(C)(C)NC(=O)c1ncc(OS(C)=O)cc1O. The van der Waals surface area contributed by atoms with Gasteiger partial charge in [0.2, 0.25) is 11.1 Å². The zero-order chi connectivity index (χ0) is 16.2. The number of nitrogens with zero attached hydrogens (tertiary/aromatic N) is 1. The van der Waals surface area contributed by atoms with Crippen LogP contribution >= 0.6 is 0 Å². The van der Waals surface area contributed by atoms with Crippen LogP contribution in [0.3, 0.4) is 0 Å². The summed E-state index contributed by atoms with van der Waals surface area (Å²) in [6.45, 7) is 2.90. The van der Waals surface area contributed by atoms with Crippen LogP contribution in [0, 0.1) is 0 Å². The van der Waals surface area contributed by atoms with Gasteiger partial charge >= 0.3 is 5.97 Å². The lowest BCUT2D eigenvalue weighted by Crippen LogP contribution is -2.50. The molecule has 1 aromatic heterocycles. The molecule has 0 saturated carbocycles. The quantitative estimate of drug-likeness (QED) is 0.742. The van der Waals surface area contributed by atoms with E-state index in [1.54, 1.807) is 0 Å². The van der Waals surface area contributed by atoms with Gasteiger partial charge in [-0.05, 0) is 13.8 Å². The van der Waals surface area contributed by atoms with Crippen molar-refractivity contribution in [3.05, 3.63) is 18.0 Å². The Kier molecular flexibility index (Phi) is 5.25. The van der Waals surface area contributed by atoms with Crippen LogP contribution in [-0.4, -0.2) is 45.1 Å². The van der Waals surface area contributed by atoms with Crippen LogP contribution in [-0.2, 0) is 20.6 Å². The molecule has 0 saturated heterocycles. The van der Waals surface area contributed by atoms with E-state index in [2.05, 4.69) is 15.0 Å². The lowest BCUT2D eigenvalue weighted by atomic mass is 10.1. The number of hydrogen-bond acceptors (Lipinski definition) is 7. The Morgan fingerprint density at radius 3 is 2.52 bits per heavy atom. The molecule has 9 heteroatoms. The van der Waals surface area contributed by atoms with Gasteiger partial charge in [-0.25, -0.2) is 14.0 Å². The van der Waals surface area contributed by atoms with Gasteiger partial charge in [0, 0.05) is 12.3 Å². The molecule has 2 N–H and O–H groups in total. The standard InChI is InChI=1S/C12H16N2O6S/c1-12(2,11(17)19-3)14-10(16)9-8(15)5-7(6-13-9)20-21(4)18/h5-6,15H,1-4H3,(H,14,16). The van der Waals surface area contributed by atoms with Crippen LogP contribution in [0.25, 0.3) is 0 Å². The molecular weight excluding hydrogens is 300 g/mol. The normalized spacial score (nSPS) is 12.4. The van der Waals surface area contributed by atoms with Crippen molar-refractivity contribution >= 4 is 23.0 Å². The van der Waals surface area contributed by atoms with Crippen LogP contribution in [0.4, 0.5) is 0 Å². The molecule has 0 radical (unpaired) electrons. The van der Waals surface area contributed by atoms with Crippen molar-refractivity contribution in [1.29, 1.82) is 0 Å². The van der Waals surface area contributed by atoms with Gasteiger partial charge in [0.15, 0.2) is 17.2 Å². The lowest BCUT2D eigenvalue weighted by Gasteiger charge is -2.22. The Balaban J connectivity index is 2.93. The monoisotopic (exact) mass is 316 g/mol. The number of carbonyl (C=O) groups excluding carboxylic acids is 2. The second-order valence-electron chi connectivity index (χ2n) is 4.59. The molecule has 0 aliphatic rings. The minimum absolute atomic E-state index is 0.0529. The highest BCUT2D eigenvalue weighted by Crippen LogP contribution is 2.22. The molecule has 1 unspecified atom stereocenters. The Morgan fingerprint density at radius 1 is 1.43 bits per heavy atom. The van der Waals surface area contributed by atoms with Gasteiger partial charge in [-0.15, -0.1) is 0 Å². The average Bonchev–Trinajstić information content (AvgIpc) is 2.36. The highest BCUT2D eigenvalue weighted by Gasteiger charge is 2.32. The van der Waals surface area contributed by atoms with E-state index in [1.165, 1.54) is 27.2 Å². The molecule has 8 nitrogen and oxygen atoms in total. The number of esters is 1. The number of methoxy groups -OCH3 is 1. The fraction of sp³-hybridized carbons (Fsp3) is 0.417. The first-order chi connectivity index (χ1) is 9.67. The minimum atomic E-state index is -1.58. The third kappa shape index (κ3) is 4.42. The number of nitrogens with one attached hydrogen (secondary N) is 1. The number of carbonyl (C=O) groups is 2. The molecule has 0 bridgehead atoms. The highest BCUT2D eigenvalue weighted by molar-refractivity contribution is 7.79. The lowest BCUT2D eigenvalue weighted by molar-refractivity contribution is -0.146. The van der Waals surface area contributed by atoms with E-state index in [1.807, 2.05) is 0 Å². The molecule has 21 heavy (non-hydrogen) atoms. The summed E-state index contributed by atoms with van der Waals surface area (Å²) in [5.41, 5.74) is -1.57. The number of rotatable bonds is 5. The first-order valence-electron chi connectivity index (χ1n) is 5.79. The Hall–Kier alpha value is -2.16. The molecule has 1 aromatic rings. The van der Waals surface area contributed by atoms with Crippen molar-refractivity contribution in [1.82, 2.24) is 10.3 Å². The molecule has 0 aliphatic carbocycles. The Labute approximate surface area is 124 Å². The molecule has 1 atom stereocenters. The third-order valence-corrected chi connectivity index (χ3v) is 2.82. The van der Waals surface area contributed by atoms with E-state index in [-0.39, 0.29) is 11.4 Å². The van der Waals surface area contributed by atoms with Gasteiger partial charge < -0.3 is 19.3 Å². The smallest absolute Gasteiger partial charge is 0.330 e. The molecule has 0 aliphatic heterocycles. The summed E-state index contributed by atoms with van der Waals surface area (Å²) in [4.78, 5) is 27.2. The van der Waals surface area contributed by atoms with Crippen molar-refractivity contribution in [3.63, 3.8) is 0 Å². The average molecular weight is 316 g/mol. The summed E-state index contributed by atoms with van der Waals surface area (Å²) in [5.74, 6) is -1.81. The maximum Gasteiger partial charge on any atom is 0.330 e. The number of amides is 1. The fourth-order valence-corrected chi connectivity index (χ4v) is 1.80. The van der Waals surface area contributed by atoms with Crippen molar-refractivity contribution in [2.45, 2.75) is 19.4 Å². The second kappa shape index (κ2) is 6.53. The number of aromatic nitrogens is 1. The van der Waals surface area contributed by atoms with Crippen molar-refractivity contribution in [2.75, 3.05) is 13.4 Å². The summed E-state index contributed by atoms with van der Waals surface area (Å²) in [6, 6.07) is 1.11. The molecule has 0 aromatic carbocycles. The largest absolute Gasteiger partial charge is 0.505 e. The van der Waals surface area contributed by atoms with Crippen LogP contribution in [0.1, 0.15) is 24.3 Å². The molecule has 0 fully saturated rings. The number of aromatic hydroxyl groups is 1. The number of hydrogen-bond donors (Lipinski definition) is 2. The predicted octanol–water partition coefficient (Wildman–Crippen LogP) is 0.141. The zero-order valence-corrected chi connectivity index (χ0v) is 12.8. The second-order valence-corrected chi connectivity index (χ2v) is 5.56. The van der Waals surface area contributed by atoms with Gasteiger partial charge in [-0.3, -0.25) is 4.79 Å². The van der Waals surface area contributed by atoms with Crippen molar-refractivity contribution < 1.29 is 27.8 Å². The van der Waals surface area contributed by atoms with Crippen LogP contribution in [0.15, 0.2) is 12.3 Å². The highest BCUT2D eigenvalue weighted by atomic mass is 32.2. The Bertz CT molecular complexity index is 587. The molecular formula is C12H16N2O6S. The van der Waals surface area contributed by atoms with Gasteiger partial charge in [0.1, 0.15) is 5.54 Å². The van der Waals surface area contributed by atoms with E-state index in [4.69, 9.17) is 4.18 Å². The minimum Gasteiger partial charge on any atom is -0.505 e. The fourth-order valence-electron chi connectivity index (χ4n) is 1.44. The van der Waals surface area contributed by atoms with E-state index >= 15 is 0 Å².